The molecule has 24 heavy (non-hydrogen) atoms. The zero-order valence-corrected chi connectivity index (χ0v) is 14.4. The maximum atomic E-state index is 12.7. The van der Waals surface area contributed by atoms with E-state index in [0.29, 0.717) is 11.5 Å². The number of hydrogen-bond donors (Lipinski definition) is 1. The van der Waals surface area contributed by atoms with Crippen molar-refractivity contribution in [3.05, 3.63) is 35.4 Å². The lowest BCUT2D eigenvalue weighted by molar-refractivity contribution is -0.137. The maximum absolute atomic E-state index is 12.7. The standard InChI is InChI=1S/C17H22F3NO2S/c1-12-5-7-15(8-6-12)21-16(22)11-24(23)10-13-3-2-4-14(9-13)17(18,19)20/h2-4,9,12,15H,5-8,10-11H2,1H3,(H,21,22)/t12?,15?,24-/m0/s1. The molecule has 3 nitrogen and oxygen atoms in total. The quantitative estimate of drug-likeness (QED) is 0.870. The second kappa shape index (κ2) is 8.14. The molecule has 0 bridgehead atoms. The molecule has 0 aromatic heterocycles. The van der Waals surface area contributed by atoms with E-state index in [9.17, 15) is 22.2 Å². The fourth-order valence-electron chi connectivity index (χ4n) is 2.89. The summed E-state index contributed by atoms with van der Waals surface area (Å²) in [5.41, 5.74) is -0.444. The van der Waals surface area contributed by atoms with Crippen molar-refractivity contribution in [1.29, 1.82) is 0 Å². The highest BCUT2D eigenvalue weighted by Gasteiger charge is 2.30. The Morgan fingerprint density at radius 1 is 1.25 bits per heavy atom. The lowest BCUT2D eigenvalue weighted by atomic mass is 9.87. The number of rotatable bonds is 5. The number of hydrogen-bond acceptors (Lipinski definition) is 2. The summed E-state index contributed by atoms with van der Waals surface area (Å²) in [5.74, 6) is 0.148. The average molecular weight is 361 g/mol. The lowest BCUT2D eigenvalue weighted by Crippen LogP contribution is -2.39. The zero-order chi connectivity index (χ0) is 17.7. The topological polar surface area (TPSA) is 46.2 Å². The van der Waals surface area contributed by atoms with Crippen LogP contribution < -0.4 is 5.32 Å². The highest BCUT2D eigenvalue weighted by Crippen LogP contribution is 2.29. The molecule has 7 heteroatoms. The summed E-state index contributed by atoms with van der Waals surface area (Å²) >= 11 is 0. The molecule has 1 aromatic carbocycles. The van der Waals surface area contributed by atoms with Crippen molar-refractivity contribution >= 4 is 16.7 Å². The fraction of sp³-hybridized carbons (Fsp3) is 0.588. The maximum Gasteiger partial charge on any atom is 0.416 e. The first-order valence-electron chi connectivity index (χ1n) is 8.04. The SMILES string of the molecule is CC1CCC(NC(=O)C[S@@](=O)Cc2cccc(C(F)(F)F)c2)CC1. The van der Waals surface area contributed by atoms with Crippen LogP contribution in [0, 0.1) is 5.92 Å². The Balaban J connectivity index is 1.83. The summed E-state index contributed by atoms with van der Waals surface area (Å²) in [6.45, 7) is 2.18. The molecule has 0 aliphatic heterocycles. The van der Waals surface area contributed by atoms with Crippen LogP contribution >= 0.6 is 0 Å². The van der Waals surface area contributed by atoms with Crippen LogP contribution in [0.1, 0.15) is 43.7 Å². The van der Waals surface area contributed by atoms with E-state index in [0.717, 1.165) is 37.8 Å². The Morgan fingerprint density at radius 3 is 2.54 bits per heavy atom. The van der Waals surface area contributed by atoms with Crippen molar-refractivity contribution in [2.24, 2.45) is 5.92 Å². The van der Waals surface area contributed by atoms with Gasteiger partial charge in [-0.1, -0.05) is 25.1 Å². The van der Waals surface area contributed by atoms with E-state index in [1.165, 1.54) is 12.1 Å². The summed E-state index contributed by atoms with van der Waals surface area (Å²) in [4.78, 5) is 11.9. The third-order valence-corrected chi connectivity index (χ3v) is 5.49. The van der Waals surface area contributed by atoms with Crippen molar-refractivity contribution in [2.75, 3.05) is 5.75 Å². The number of carbonyl (C=O) groups excluding carboxylic acids is 1. The van der Waals surface area contributed by atoms with Gasteiger partial charge in [-0.05, 0) is 43.2 Å². The summed E-state index contributed by atoms with van der Waals surface area (Å²) in [5, 5.41) is 2.88. The minimum atomic E-state index is -4.42. The Hall–Kier alpha value is -1.37. The molecule has 0 saturated heterocycles. The van der Waals surface area contributed by atoms with Crippen molar-refractivity contribution in [2.45, 2.75) is 50.6 Å². The van der Waals surface area contributed by atoms with Crippen molar-refractivity contribution < 1.29 is 22.2 Å². The lowest BCUT2D eigenvalue weighted by Gasteiger charge is -2.26. The van der Waals surface area contributed by atoms with Gasteiger partial charge in [-0.2, -0.15) is 13.2 Å². The first kappa shape index (κ1) is 19.0. The Morgan fingerprint density at radius 2 is 1.92 bits per heavy atom. The molecular weight excluding hydrogens is 339 g/mol. The van der Waals surface area contributed by atoms with Crippen LogP contribution in [0.5, 0.6) is 0 Å². The second-order valence-corrected chi connectivity index (χ2v) is 7.91. The van der Waals surface area contributed by atoms with Gasteiger partial charge in [0.15, 0.2) is 0 Å². The molecule has 0 spiro atoms. The van der Waals surface area contributed by atoms with Gasteiger partial charge in [0.2, 0.25) is 5.91 Å². The number of carbonyl (C=O) groups is 1. The van der Waals surface area contributed by atoms with Gasteiger partial charge in [0.05, 0.1) is 5.56 Å². The monoisotopic (exact) mass is 361 g/mol. The largest absolute Gasteiger partial charge is 0.416 e. The van der Waals surface area contributed by atoms with E-state index < -0.39 is 22.5 Å². The average Bonchev–Trinajstić information content (AvgIpc) is 2.49. The van der Waals surface area contributed by atoms with Crippen LogP contribution in [0.15, 0.2) is 24.3 Å². The first-order chi connectivity index (χ1) is 11.2. The van der Waals surface area contributed by atoms with E-state index >= 15 is 0 Å². The molecule has 1 fully saturated rings. The van der Waals surface area contributed by atoms with Crippen LogP contribution in [0.2, 0.25) is 0 Å². The Labute approximate surface area is 142 Å². The molecule has 1 aliphatic carbocycles. The van der Waals surface area contributed by atoms with Crippen LogP contribution in [-0.2, 0) is 27.5 Å². The highest BCUT2D eigenvalue weighted by molar-refractivity contribution is 7.84. The molecule has 0 radical (unpaired) electrons. The number of benzene rings is 1. The van der Waals surface area contributed by atoms with Crippen molar-refractivity contribution in [3.63, 3.8) is 0 Å². The van der Waals surface area contributed by atoms with E-state index in [-0.39, 0.29) is 23.5 Å². The van der Waals surface area contributed by atoms with Crippen LogP contribution in [0.25, 0.3) is 0 Å². The number of nitrogens with one attached hydrogen (secondary N) is 1. The molecule has 134 valence electrons. The smallest absolute Gasteiger partial charge is 0.353 e. The van der Waals surface area contributed by atoms with Crippen LogP contribution in [-0.4, -0.2) is 21.9 Å². The summed E-state index contributed by atoms with van der Waals surface area (Å²) in [7, 11) is -1.53. The predicted molar refractivity (Wildman–Crippen MR) is 87.7 cm³/mol. The van der Waals surface area contributed by atoms with Crippen LogP contribution in [0.4, 0.5) is 13.2 Å². The third kappa shape index (κ3) is 5.92. The molecule has 1 N–H and O–H groups in total. The number of alkyl halides is 3. The fourth-order valence-corrected chi connectivity index (χ4v) is 3.92. The van der Waals surface area contributed by atoms with Gasteiger partial charge in [0, 0.05) is 22.6 Å². The van der Waals surface area contributed by atoms with Gasteiger partial charge < -0.3 is 5.32 Å². The molecule has 1 atom stereocenters. The van der Waals surface area contributed by atoms with Crippen molar-refractivity contribution in [3.8, 4) is 0 Å². The molecule has 1 aromatic rings. The normalized spacial score (nSPS) is 22.8. The molecule has 2 rings (SSSR count). The highest BCUT2D eigenvalue weighted by atomic mass is 32.2. The van der Waals surface area contributed by atoms with E-state index in [4.69, 9.17) is 0 Å². The number of amides is 1. The van der Waals surface area contributed by atoms with Crippen molar-refractivity contribution in [1.82, 2.24) is 5.32 Å². The summed E-state index contributed by atoms with van der Waals surface area (Å²) < 4.78 is 50.0. The molecular formula is C17H22F3NO2S. The van der Waals surface area contributed by atoms with E-state index in [2.05, 4.69) is 12.2 Å². The summed E-state index contributed by atoms with van der Waals surface area (Å²) in [6.07, 6.45) is -0.441. The molecule has 1 amide bonds. The zero-order valence-electron chi connectivity index (χ0n) is 13.6. The first-order valence-corrected chi connectivity index (χ1v) is 9.53. The van der Waals surface area contributed by atoms with Gasteiger partial charge in [0.1, 0.15) is 5.75 Å². The molecule has 1 aliphatic rings. The van der Waals surface area contributed by atoms with E-state index in [1.807, 2.05) is 0 Å². The molecule has 0 unspecified atom stereocenters. The Kier molecular flexibility index (Phi) is 6.43. The van der Waals surface area contributed by atoms with Gasteiger partial charge in [0.25, 0.3) is 0 Å². The van der Waals surface area contributed by atoms with Gasteiger partial charge in [-0.25, -0.2) is 0 Å². The third-order valence-electron chi connectivity index (χ3n) is 4.26. The second-order valence-electron chi connectivity index (χ2n) is 6.45. The predicted octanol–water partition coefficient (Wildman–Crippen LogP) is 3.65. The van der Waals surface area contributed by atoms with E-state index in [1.54, 1.807) is 0 Å². The van der Waals surface area contributed by atoms with Gasteiger partial charge in [-0.15, -0.1) is 0 Å². The number of halogens is 3. The van der Waals surface area contributed by atoms with Gasteiger partial charge in [-0.3, -0.25) is 9.00 Å². The molecule has 1 saturated carbocycles. The minimum absolute atomic E-state index is 0.0565. The Bertz CT molecular complexity index is 596. The van der Waals surface area contributed by atoms with Crippen LogP contribution in [0.3, 0.4) is 0 Å². The minimum Gasteiger partial charge on any atom is -0.353 e. The summed E-state index contributed by atoms with van der Waals surface area (Å²) in [6, 6.07) is 4.87. The van der Waals surface area contributed by atoms with Gasteiger partial charge >= 0.3 is 6.18 Å². The molecule has 0 heterocycles.